The normalized spacial score (nSPS) is 38.2. The summed E-state index contributed by atoms with van der Waals surface area (Å²) >= 11 is 0. The lowest BCUT2D eigenvalue weighted by atomic mass is 9.59. The molecular weight excluding hydrogens is 204 g/mol. The predicted molar refractivity (Wildman–Crippen MR) is 57.7 cm³/mol. The Bertz CT molecular complexity index is 407. The van der Waals surface area contributed by atoms with E-state index in [2.05, 4.69) is 0 Å². The monoisotopic (exact) mass is 220 g/mol. The summed E-state index contributed by atoms with van der Waals surface area (Å²) in [5, 5.41) is 0. The summed E-state index contributed by atoms with van der Waals surface area (Å²) in [6, 6.07) is 0. The average molecular weight is 220 g/mol. The van der Waals surface area contributed by atoms with Crippen LogP contribution in [0.15, 0.2) is 11.1 Å². The topological polar surface area (TPSA) is 43.4 Å². The molecule has 2 fully saturated rings. The number of rotatable bonds is 0. The SMILES string of the molecule is CC1=C2CCC[C@@H]3C(=O)OC[C@]23CCC1=O. The summed E-state index contributed by atoms with van der Waals surface area (Å²) in [6.45, 7) is 2.43. The Labute approximate surface area is 94.8 Å². The summed E-state index contributed by atoms with van der Waals surface area (Å²) < 4.78 is 5.26. The first-order valence-corrected chi connectivity index (χ1v) is 6.05. The van der Waals surface area contributed by atoms with Gasteiger partial charge in [-0.25, -0.2) is 0 Å². The number of cyclic esters (lactones) is 1. The highest BCUT2D eigenvalue weighted by atomic mass is 16.5. The molecule has 0 aromatic heterocycles. The Hall–Kier alpha value is -1.12. The number of Topliss-reactive ketones (excluding diaryl/α,β-unsaturated/α-hetero) is 1. The van der Waals surface area contributed by atoms with Crippen LogP contribution < -0.4 is 0 Å². The van der Waals surface area contributed by atoms with Crippen molar-refractivity contribution in [2.75, 3.05) is 6.61 Å². The van der Waals surface area contributed by atoms with Gasteiger partial charge < -0.3 is 4.74 Å². The highest BCUT2D eigenvalue weighted by Gasteiger charge is 2.55. The van der Waals surface area contributed by atoms with Gasteiger partial charge >= 0.3 is 5.97 Å². The molecule has 86 valence electrons. The van der Waals surface area contributed by atoms with Crippen molar-refractivity contribution < 1.29 is 14.3 Å². The second kappa shape index (κ2) is 3.19. The largest absolute Gasteiger partial charge is 0.464 e. The number of ketones is 1. The lowest BCUT2D eigenvalue weighted by Crippen LogP contribution is -2.40. The van der Waals surface area contributed by atoms with Crippen molar-refractivity contribution in [3.05, 3.63) is 11.1 Å². The fourth-order valence-electron chi connectivity index (χ4n) is 3.70. The molecule has 0 bridgehead atoms. The summed E-state index contributed by atoms with van der Waals surface area (Å²) in [5.41, 5.74) is 2.04. The van der Waals surface area contributed by atoms with Crippen LogP contribution in [0.2, 0.25) is 0 Å². The summed E-state index contributed by atoms with van der Waals surface area (Å²) in [4.78, 5) is 23.4. The number of carbonyl (C=O) groups is 2. The van der Waals surface area contributed by atoms with E-state index < -0.39 is 0 Å². The molecular formula is C13H16O3. The van der Waals surface area contributed by atoms with E-state index in [4.69, 9.17) is 4.74 Å². The molecule has 3 aliphatic rings. The van der Waals surface area contributed by atoms with Crippen LogP contribution in [0.25, 0.3) is 0 Å². The molecule has 0 unspecified atom stereocenters. The van der Waals surface area contributed by atoms with Crippen molar-refractivity contribution in [1.29, 1.82) is 0 Å². The maximum Gasteiger partial charge on any atom is 0.309 e. The van der Waals surface area contributed by atoms with E-state index in [0.29, 0.717) is 13.0 Å². The highest BCUT2D eigenvalue weighted by molar-refractivity contribution is 5.97. The van der Waals surface area contributed by atoms with Crippen LogP contribution in [-0.2, 0) is 14.3 Å². The second-order valence-corrected chi connectivity index (χ2v) is 5.24. The Morgan fingerprint density at radius 1 is 1.31 bits per heavy atom. The lowest BCUT2D eigenvalue weighted by Gasteiger charge is -2.42. The van der Waals surface area contributed by atoms with E-state index >= 15 is 0 Å². The molecule has 0 amide bonds. The van der Waals surface area contributed by atoms with Gasteiger partial charge in [-0.1, -0.05) is 5.57 Å². The molecule has 1 aliphatic heterocycles. The minimum Gasteiger partial charge on any atom is -0.464 e. The van der Waals surface area contributed by atoms with E-state index in [0.717, 1.165) is 31.3 Å². The van der Waals surface area contributed by atoms with Gasteiger partial charge in [0.2, 0.25) is 0 Å². The molecule has 1 saturated heterocycles. The van der Waals surface area contributed by atoms with Gasteiger partial charge in [-0.15, -0.1) is 0 Å². The van der Waals surface area contributed by atoms with Gasteiger partial charge in [0.05, 0.1) is 5.92 Å². The second-order valence-electron chi connectivity index (χ2n) is 5.24. The summed E-state index contributed by atoms with van der Waals surface area (Å²) in [6.07, 6.45) is 4.33. The standard InChI is InChI=1S/C13H16O3/c1-8-9-3-2-4-10-12(15)16-7-13(9,10)6-5-11(8)14/h10H,2-7H2,1H3/t10-,13-/m1/s1. The quantitative estimate of drug-likeness (QED) is 0.586. The average Bonchev–Trinajstić information content (AvgIpc) is 2.62. The Morgan fingerprint density at radius 2 is 2.12 bits per heavy atom. The maximum atomic E-state index is 11.7. The molecule has 3 rings (SSSR count). The van der Waals surface area contributed by atoms with Crippen LogP contribution in [0.4, 0.5) is 0 Å². The van der Waals surface area contributed by atoms with Crippen molar-refractivity contribution in [2.24, 2.45) is 11.3 Å². The van der Waals surface area contributed by atoms with Crippen molar-refractivity contribution in [1.82, 2.24) is 0 Å². The fraction of sp³-hybridized carbons (Fsp3) is 0.692. The molecule has 2 atom stereocenters. The Kier molecular flexibility index (Phi) is 2.00. The van der Waals surface area contributed by atoms with Gasteiger partial charge in [0, 0.05) is 11.8 Å². The third-order valence-electron chi connectivity index (χ3n) is 4.61. The maximum absolute atomic E-state index is 11.7. The zero-order valence-electron chi connectivity index (χ0n) is 9.54. The smallest absolute Gasteiger partial charge is 0.309 e. The molecule has 0 aromatic rings. The number of carbonyl (C=O) groups excluding carboxylic acids is 2. The van der Waals surface area contributed by atoms with Gasteiger partial charge in [-0.05, 0) is 38.2 Å². The van der Waals surface area contributed by atoms with Gasteiger partial charge in [-0.2, -0.15) is 0 Å². The molecule has 3 heteroatoms. The minimum atomic E-state index is -0.104. The van der Waals surface area contributed by atoms with Crippen LogP contribution in [0.5, 0.6) is 0 Å². The van der Waals surface area contributed by atoms with Crippen LogP contribution in [-0.4, -0.2) is 18.4 Å². The Balaban J connectivity index is 2.12. The van der Waals surface area contributed by atoms with Crippen molar-refractivity contribution in [3.63, 3.8) is 0 Å². The molecule has 16 heavy (non-hydrogen) atoms. The number of allylic oxidation sites excluding steroid dienone is 1. The molecule has 0 aromatic carbocycles. The number of hydrogen-bond acceptors (Lipinski definition) is 3. The van der Waals surface area contributed by atoms with Crippen molar-refractivity contribution in [3.8, 4) is 0 Å². The highest BCUT2D eigenvalue weighted by Crippen LogP contribution is 2.55. The third kappa shape index (κ3) is 1.09. The number of esters is 1. The molecule has 1 heterocycles. The van der Waals surface area contributed by atoms with E-state index in [9.17, 15) is 9.59 Å². The lowest BCUT2D eigenvalue weighted by molar-refractivity contribution is -0.141. The molecule has 1 spiro atoms. The first kappa shape index (κ1) is 10.1. The predicted octanol–water partition coefficient (Wildman–Crippen LogP) is 2.01. The van der Waals surface area contributed by atoms with E-state index in [1.54, 1.807) is 0 Å². The van der Waals surface area contributed by atoms with Crippen LogP contribution in [0.3, 0.4) is 0 Å². The summed E-state index contributed by atoms with van der Waals surface area (Å²) in [5.74, 6) is 0.249. The fourth-order valence-corrected chi connectivity index (χ4v) is 3.70. The number of hydrogen-bond donors (Lipinski definition) is 0. The Morgan fingerprint density at radius 3 is 2.94 bits per heavy atom. The summed E-state index contributed by atoms with van der Waals surface area (Å²) in [7, 11) is 0. The molecule has 2 aliphatic carbocycles. The van der Waals surface area contributed by atoms with Crippen molar-refractivity contribution >= 4 is 11.8 Å². The van der Waals surface area contributed by atoms with Crippen LogP contribution in [0, 0.1) is 11.3 Å². The zero-order chi connectivity index (χ0) is 11.3. The van der Waals surface area contributed by atoms with Crippen LogP contribution in [0.1, 0.15) is 39.0 Å². The van der Waals surface area contributed by atoms with Gasteiger partial charge in [0.1, 0.15) is 6.61 Å². The van der Waals surface area contributed by atoms with Gasteiger partial charge in [0.25, 0.3) is 0 Å². The first-order valence-electron chi connectivity index (χ1n) is 6.05. The van der Waals surface area contributed by atoms with Crippen LogP contribution >= 0.6 is 0 Å². The zero-order valence-corrected chi connectivity index (χ0v) is 9.54. The minimum absolute atomic E-state index is 0.0271. The molecule has 3 nitrogen and oxygen atoms in total. The van der Waals surface area contributed by atoms with E-state index in [1.807, 2.05) is 6.92 Å². The van der Waals surface area contributed by atoms with Gasteiger partial charge in [0.15, 0.2) is 5.78 Å². The first-order chi connectivity index (χ1) is 7.65. The molecule has 0 N–H and O–H groups in total. The van der Waals surface area contributed by atoms with E-state index in [1.165, 1.54) is 5.57 Å². The van der Waals surface area contributed by atoms with Crippen molar-refractivity contribution in [2.45, 2.75) is 39.0 Å². The van der Waals surface area contributed by atoms with E-state index in [-0.39, 0.29) is 23.1 Å². The molecule has 0 radical (unpaired) electrons. The third-order valence-corrected chi connectivity index (χ3v) is 4.61. The number of ether oxygens (including phenoxy) is 1. The van der Waals surface area contributed by atoms with Gasteiger partial charge in [-0.3, -0.25) is 9.59 Å². The molecule has 1 saturated carbocycles.